The van der Waals surface area contributed by atoms with Crippen molar-refractivity contribution in [2.24, 2.45) is 0 Å². The zero-order valence-corrected chi connectivity index (χ0v) is 12.1. The smallest absolute Gasteiger partial charge is 0.418 e. The van der Waals surface area contributed by atoms with Gasteiger partial charge in [-0.25, -0.2) is 9.69 Å². The molecule has 0 aliphatic heterocycles. The van der Waals surface area contributed by atoms with Crippen LogP contribution in [0.2, 0.25) is 0 Å². The fraction of sp³-hybridized carbons (Fsp3) is 0.133. The van der Waals surface area contributed by atoms with Crippen LogP contribution in [0.15, 0.2) is 59.1 Å². The third-order valence-electron chi connectivity index (χ3n) is 2.56. The van der Waals surface area contributed by atoms with E-state index in [9.17, 15) is 4.79 Å². The minimum atomic E-state index is -0.388. The molecular formula is C15H14BrNO2. The van der Waals surface area contributed by atoms with Crippen LogP contribution >= 0.6 is 15.9 Å². The number of nitrogens with zero attached hydrogens (tertiary/aromatic N) is 1. The minimum absolute atomic E-state index is 0.340. The maximum atomic E-state index is 12.2. The Hall–Kier alpha value is -1.81. The number of ether oxygens (including phenoxy) is 1. The summed E-state index contributed by atoms with van der Waals surface area (Å²) in [5, 5.41) is 0. The molecule has 0 aromatic heterocycles. The van der Waals surface area contributed by atoms with E-state index in [1.807, 2.05) is 54.6 Å². The summed E-state index contributed by atoms with van der Waals surface area (Å²) in [6.45, 7) is 2.13. The number of amides is 1. The first-order valence-corrected chi connectivity index (χ1v) is 6.79. The zero-order valence-electron chi connectivity index (χ0n) is 10.5. The van der Waals surface area contributed by atoms with Crippen molar-refractivity contribution in [2.75, 3.05) is 11.5 Å². The maximum absolute atomic E-state index is 12.2. The molecule has 1 amide bonds. The third kappa shape index (κ3) is 3.15. The molecule has 2 aromatic rings. The molecule has 0 unspecified atom stereocenters. The highest BCUT2D eigenvalue weighted by Crippen LogP contribution is 2.32. The number of hydrogen-bond acceptors (Lipinski definition) is 2. The number of rotatable bonds is 3. The Morgan fingerprint density at radius 1 is 1.11 bits per heavy atom. The van der Waals surface area contributed by atoms with Crippen molar-refractivity contribution in [1.82, 2.24) is 0 Å². The Balaban J connectivity index is 2.46. The summed E-state index contributed by atoms with van der Waals surface area (Å²) in [5.41, 5.74) is 1.53. The van der Waals surface area contributed by atoms with Gasteiger partial charge in [0.05, 0.1) is 18.0 Å². The van der Waals surface area contributed by atoms with Crippen LogP contribution in [0.25, 0.3) is 0 Å². The number of anilines is 2. The second-order valence-corrected chi connectivity index (χ2v) is 4.68. The number of carbonyl (C=O) groups excluding carboxylic acids is 1. The first-order chi connectivity index (χ1) is 9.24. The molecule has 0 spiro atoms. The average molecular weight is 320 g/mol. The molecule has 0 fully saturated rings. The van der Waals surface area contributed by atoms with Crippen molar-refractivity contribution < 1.29 is 9.53 Å². The van der Waals surface area contributed by atoms with Crippen LogP contribution in [0.1, 0.15) is 6.92 Å². The van der Waals surface area contributed by atoms with Crippen LogP contribution in [0.4, 0.5) is 16.2 Å². The normalized spacial score (nSPS) is 10.0. The third-order valence-corrected chi connectivity index (χ3v) is 3.23. The number of benzene rings is 2. The van der Waals surface area contributed by atoms with Gasteiger partial charge in [-0.05, 0) is 47.1 Å². The van der Waals surface area contributed by atoms with Gasteiger partial charge < -0.3 is 4.74 Å². The maximum Gasteiger partial charge on any atom is 0.418 e. The lowest BCUT2D eigenvalue weighted by Crippen LogP contribution is -2.27. The molecule has 0 heterocycles. The van der Waals surface area contributed by atoms with Crippen molar-refractivity contribution in [2.45, 2.75) is 6.92 Å². The van der Waals surface area contributed by atoms with Crippen molar-refractivity contribution in [3.8, 4) is 0 Å². The van der Waals surface area contributed by atoms with Crippen molar-refractivity contribution >= 4 is 33.4 Å². The minimum Gasteiger partial charge on any atom is -0.449 e. The van der Waals surface area contributed by atoms with Gasteiger partial charge in [-0.1, -0.05) is 30.3 Å². The van der Waals surface area contributed by atoms with E-state index in [0.29, 0.717) is 6.61 Å². The number of para-hydroxylation sites is 2. The number of hydrogen-bond donors (Lipinski definition) is 0. The van der Waals surface area contributed by atoms with Crippen molar-refractivity contribution in [1.29, 1.82) is 0 Å². The fourth-order valence-corrected chi connectivity index (χ4v) is 2.20. The van der Waals surface area contributed by atoms with E-state index in [4.69, 9.17) is 4.74 Å². The van der Waals surface area contributed by atoms with E-state index in [2.05, 4.69) is 15.9 Å². The van der Waals surface area contributed by atoms with E-state index in [-0.39, 0.29) is 6.09 Å². The van der Waals surface area contributed by atoms with Crippen molar-refractivity contribution in [3.63, 3.8) is 0 Å². The van der Waals surface area contributed by atoms with Gasteiger partial charge in [0, 0.05) is 4.47 Å². The zero-order chi connectivity index (χ0) is 13.7. The SMILES string of the molecule is CCOC(=O)N(c1ccccc1)c1ccccc1Br. The summed E-state index contributed by atoms with van der Waals surface area (Å²) in [5.74, 6) is 0. The Bertz CT molecular complexity index is 557. The van der Waals surface area contributed by atoms with E-state index in [0.717, 1.165) is 15.8 Å². The molecule has 0 atom stereocenters. The van der Waals surface area contributed by atoms with Gasteiger partial charge in [-0.15, -0.1) is 0 Å². The molecule has 0 bridgehead atoms. The summed E-state index contributed by atoms with van der Waals surface area (Å²) >= 11 is 3.46. The Morgan fingerprint density at radius 3 is 2.37 bits per heavy atom. The van der Waals surface area contributed by atoms with Crippen LogP contribution in [-0.4, -0.2) is 12.7 Å². The van der Waals surface area contributed by atoms with Crippen molar-refractivity contribution in [3.05, 3.63) is 59.1 Å². The molecule has 0 saturated heterocycles. The van der Waals surface area contributed by atoms with Gasteiger partial charge in [-0.3, -0.25) is 0 Å². The molecule has 2 aromatic carbocycles. The topological polar surface area (TPSA) is 29.5 Å². The summed E-state index contributed by atoms with van der Waals surface area (Å²) in [4.78, 5) is 13.7. The standard InChI is InChI=1S/C15H14BrNO2/c1-2-19-15(18)17(12-8-4-3-5-9-12)14-11-7-6-10-13(14)16/h3-11H,2H2,1H3. The monoisotopic (exact) mass is 319 g/mol. The van der Waals surface area contributed by atoms with E-state index in [1.165, 1.54) is 0 Å². The Kier molecular flexibility index (Phi) is 4.58. The highest BCUT2D eigenvalue weighted by atomic mass is 79.9. The van der Waals surface area contributed by atoms with Crippen LogP contribution < -0.4 is 4.90 Å². The van der Waals surface area contributed by atoms with Gasteiger partial charge in [0.1, 0.15) is 0 Å². The number of carbonyl (C=O) groups is 1. The second kappa shape index (κ2) is 6.38. The highest BCUT2D eigenvalue weighted by Gasteiger charge is 2.20. The van der Waals surface area contributed by atoms with Gasteiger partial charge >= 0.3 is 6.09 Å². The largest absolute Gasteiger partial charge is 0.449 e. The first kappa shape index (κ1) is 13.6. The summed E-state index contributed by atoms with van der Waals surface area (Å²) in [7, 11) is 0. The molecule has 0 radical (unpaired) electrons. The molecule has 4 heteroatoms. The molecule has 0 aliphatic rings. The molecule has 0 saturated carbocycles. The second-order valence-electron chi connectivity index (χ2n) is 3.82. The Morgan fingerprint density at radius 2 is 1.74 bits per heavy atom. The van der Waals surface area contributed by atoms with E-state index < -0.39 is 0 Å². The van der Waals surface area contributed by atoms with E-state index >= 15 is 0 Å². The van der Waals surface area contributed by atoms with Gasteiger partial charge in [0.2, 0.25) is 0 Å². The van der Waals surface area contributed by atoms with E-state index in [1.54, 1.807) is 11.8 Å². The molecule has 0 aliphatic carbocycles. The lowest BCUT2D eigenvalue weighted by atomic mass is 10.2. The van der Waals surface area contributed by atoms with Gasteiger partial charge in [-0.2, -0.15) is 0 Å². The summed E-state index contributed by atoms with van der Waals surface area (Å²) in [6.07, 6.45) is -0.388. The summed E-state index contributed by atoms with van der Waals surface area (Å²) in [6, 6.07) is 17.0. The lowest BCUT2D eigenvalue weighted by molar-refractivity contribution is 0.162. The van der Waals surface area contributed by atoms with Crippen LogP contribution in [0.3, 0.4) is 0 Å². The lowest BCUT2D eigenvalue weighted by Gasteiger charge is -2.23. The predicted octanol–water partition coefficient (Wildman–Crippen LogP) is 4.74. The highest BCUT2D eigenvalue weighted by molar-refractivity contribution is 9.10. The predicted molar refractivity (Wildman–Crippen MR) is 79.7 cm³/mol. The van der Waals surface area contributed by atoms with Gasteiger partial charge in [0.15, 0.2) is 0 Å². The fourth-order valence-electron chi connectivity index (χ4n) is 1.74. The molecule has 0 N–H and O–H groups in total. The van der Waals surface area contributed by atoms with Crippen LogP contribution in [0.5, 0.6) is 0 Å². The Labute approximate surface area is 120 Å². The summed E-state index contributed by atoms with van der Waals surface area (Å²) < 4.78 is 5.97. The molecule has 2 rings (SSSR count). The van der Waals surface area contributed by atoms with Crippen LogP contribution in [0, 0.1) is 0 Å². The van der Waals surface area contributed by atoms with Gasteiger partial charge in [0.25, 0.3) is 0 Å². The average Bonchev–Trinajstić information content (AvgIpc) is 2.43. The van der Waals surface area contributed by atoms with Crippen LogP contribution in [-0.2, 0) is 4.74 Å². The number of halogens is 1. The molecular weight excluding hydrogens is 306 g/mol. The molecule has 3 nitrogen and oxygen atoms in total. The molecule has 19 heavy (non-hydrogen) atoms. The molecule has 98 valence electrons. The quantitative estimate of drug-likeness (QED) is 0.817. The first-order valence-electron chi connectivity index (χ1n) is 6.00.